The smallest absolute Gasteiger partial charge is 0.0125 e. The Kier molecular flexibility index (Phi) is 60.0. The highest BCUT2D eigenvalue weighted by Gasteiger charge is 2.29. The molecule has 8 heteroatoms. The molecule has 93 heavy (non-hydrogen) atoms. The van der Waals surface area contributed by atoms with E-state index in [4.69, 9.17) is 0 Å². The van der Waals surface area contributed by atoms with Gasteiger partial charge in [0.1, 0.15) is 0 Å². The first-order valence-corrected chi connectivity index (χ1v) is 40.6. The number of rotatable bonds is 19. The van der Waals surface area contributed by atoms with E-state index in [9.17, 15) is 0 Å². The van der Waals surface area contributed by atoms with E-state index in [0.717, 1.165) is 114 Å². The Morgan fingerprint density at radius 3 is 1.02 bits per heavy atom. The molecule has 2 unspecified atom stereocenters. The molecule has 0 aromatic carbocycles. The maximum Gasteiger partial charge on any atom is 0.0125 e. The fraction of sp³-hybridized carbons (Fsp3) is 1.00. The molecule has 0 spiro atoms. The summed E-state index contributed by atoms with van der Waals surface area (Å²) in [6, 6.07) is 5.77. The van der Waals surface area contributed by atoms with Gasteiger partial charge in [-0.2, -0.15) is 0 Å². The van der Waals surface area contributed by atoms with Gasteiger partial charge in [0, 0.05) is 80.1 Å². The van der Waals surface area contributed by atoms with E-state index in [1.165, 1.54) is 168 Å². The van der Waals surface area contributed by atoms with Crippen LogP contribution in [0.25, 0.3) is 0 Å². The van der Waals surface area contributed by atoms with Gasteiger partial charge in [0.15, 0.2) is 0 Å². The Hall–Kier alpha value is -0.320. The first-order valence-electron chi connectivity index (χ1n) is 40.6. The zero-order valence-electron chi connectivity index (χ0n) is 70.4. The quantitative estimate of drug-likeness (QED) is 0.133. The van der Waals surface area contributed by atoms with Crippen molar-refractivity contribution >= 4 is 0 Å². The molecule has 6 fully saturated rings. The lowest BCUT2D eigenvalue weighted by Crippen LogP contribution is -2.46. The van der Waals surface area contributed by atoms with E-state index in [2.05, 4.69) is 269 Å². The van der Waals surface area contributed by atoms with Crippen LogP contribution in [0.3, 0.4) is 0 Å². The molecule has 1 aliphatic carbocycles. The zero-order chi connectivity index (χ0) is 71.6. The number of nitrogens with one attached hydrogen (secondary N) is 2. The van der Waals surface area contributed by atoms with Crippen LogP contribution in [0, 0.1) is 76.9 Å². The van der Waals surface area contributed by atoms with Gasteiger partial charge in [-0.3, -0.25) is 4.90 Å². The highest BCUT2D eigenvalue weighted by Crippen LogP contribution is 2.31. The fourth-order valence-corrected chi connectivity index (χ4v) is 13.6. The maximum absolute atomic E-state index is 3.64. The highest BCUT2D eigenvalue weighted by atomic mass is 15.2. The Morgan fingerprint density at radius 1 is 0.387 bits per heavy atom. The third kappa shape index (κ3) is 51.5. The van der Waals surface area contributed by atoms with Crippen LogP contribution in [-0.2, 0) is 0 Å². The molecule has 8 nitrogen and oxygen atoms in total. The predicted molar refractivity (Wildman–Crippen MR) is 429 cm³/mol. The van der Waals surface area contributed by atoms with Crippen LogP contribution < -0.4 is 10.6 Å². The van der Waals surface area contributed by atoms with Crippen LogP contribution in [0.5, 0.6) is 0 Å². The number of hydrogen-bond donors (Lipinski definition) is 2. The summed E-state index contributed by atoms with van der Waals surface area (Å²) in [5.41, 5.74) is 0.384. The molecule has 0 bridgehead atoms. The summed E-state index contributed by atoms with van der Waals surface area (Å²) >= 11 is 0. The zero-order valence-corrected chi connectivity index (χ0v) is 70.4. The molecule has 566 valence electrons. The first-order chi connectivity index (χ1) is 42.7. The molecular weight excluding hydrogens is 1130 g/mol. The van der Waals surface area contributed by atoms with Gasteiger partial charge >= 0.3 is 0 Å². The largest absolute Gasteiger partial charge is 0.315 e. The molecular formula is C85H186N8. The third-order valence-corrected chi connectivity index (χ3v) is 21.6. The van der Waals surface area contributed by atoms with Gasteiger partial charge in [0.05, 0.1) is 0 Å². The van der Waals surface area contributed by atoms with E-state index in [-0.39, 0.29) is 7.43 Å². The summed E-state index contributed by atoms with van der Waals surface area (Å²) in [7, 11) is 2.19. The highest BCUT2D eigenvalue weighted by molar-refractivity contribution is 4.84. The average Bonchev–Trinajstić information content (AvgIpc) is 2.01. The summed E-state index contributed by atoms with van der Waals surface area (Å²) < 4.78 is 0. The van der Waals surface area contributed by atoms with Crippen molar-refractivity contribution in [2.45, 2.75) is 393 Å². The van der Waals surface area contributed by atoms with Crippen molar-refractivity contribution in [2.75, 3.05) is 85.6 Å². The van der Waals surface area contributed by atoms with Gasteiger partial charge < -0.3 is 35.1 Å². The number of nitrogens with zero attached hydrogens (tertiary/aromatic N) is 6. The number of likely N-dealkylation sites (tertiary alicyclic amines) is 5. The molecule has 6 aliphatic rings. The van der Waals surface area contributed by atoms with Crippen LogP contribution in [0.1, 0.15) is 339 Å². The molecule has 5 heterocycles. The van der Waals surface area contributed by atoms with Gasteiger partial charge in [-0.1, -0.05) is 153 Å². The van der Waals surface area contributed by atoms with E-state index in [1.54, 1.807) is 0 Å². The second kappa shape index (κ2) is 56.3. The fourth-order valence-electron chi connectivity index (χ4n) is 13.6. The van der Waals surface area contributed by atoms with Gasteiger partial charge in [-0.25, -0.2) is 0 Å². The topological polar surface area (TPSA) is 43.5 Å². The first kappa shape index (κ1) is 99.1. The van der Waals surface area contributed by atoms with E-state index < -0.39 is 0 Å². The van der Waals surface area contributed by atoms with E-state index >= 15 is 0 Å². The lowest BCUT2D eigenvalue weighted by Gasteiger charge is -2.40. The van der Waals surface area contributed by atoms with Crippen LogP contribution in [0.4, 0.5) is 0 Å². The van der Waals surface area contributed by atoms with Gasteiger partial charge in [0.25, 0.3) is 0 Å². The van der Waals surface area contributed by atoms with Crippen LogP contribution in [-0.4, -0.2) is 169 Å². The number of hydrogen-bond acceptors (Lipinski definition) is 8. The molecule has 0 aromatic rings. The molecule has 0 amide bonds. The summed E-state index contributed by atoms with van der Waals surface area (Å²) in [5, 5.41) is 7.02. The average molecular weight is 1320 g/mol. The Morgan fingerprint density at radius 2 is 0.731 bits per heavy atom. The predicted octanol–water partition coefficient (Wildman–Crippen LogP) is 22.4. The van der Waals surface area contributed by atoms with Crippen molar-refractivity contribution in [3.05, 3.63) is 0 Å². The summed E-state index contributed by atoms with van der Waals surface area (Å²) in [6.07, 6.45) is 21.0. The molecule has 4 atom stereocenters. The van der Waals surface area contributed by atoms with Crippen LogP contribution in [0.2, 0.25) is 0 Å². The van der Waals surface area contributed by atoms with Crippen LogP contribution >= 0.6 is 0 Å². The van der Waals surface area contributed by atoms with Crippen LogP contribution in [0.15, 0.2) is 0 Å². The second-order valence-corrected chi connectivity index (χ2v) is 35.7. The Balaban J connectivity index is -0.000000485. The van der Waals surface area contributed by atoms with Gasteiger partial charge in [-0.05, 0) is 323 Å². The molecule has 5 aliphatic heterocycles. The lowest BCUT2D eigenvalue weighted by atomic mass is 9.79. The van der Waals surface area contributed by atoms with Gasteiger partial charge in [0.2, 0.25) is 0 Å². The molecule has 2 N–H and O–H groups in total. The van der Waals surface area contributed by atoms with Crippen molar-refractivity contribution < 1.29 is 0 Å². The Labute approximate surface area is 592 Å². The van der Waals surface area contributed by atoms with Gasteiger partial charge in [-0.15, -0.1) is 0 Å². The van der Waals surface area contributed by atoms with E-state index in [1.807, 2.05) is 13.8 Å². The van der Waals surface area contributed by atoms with E-state index in [0.29, 0.717) is 23.7 Å². The SMILES string of the molecule is C.CC.CC(C)C1CCCN(C(C)C)C1.CC(C)C1CCN(C(C)C)C1.CC(C)C1CCN(C(C)C)CC1.CC(C)CCN(C)C(C)C.CC(C)CCNC(C)C.CC(C)NC1CCC(C(C)C)CC1.CC(C)[C@@H]1CCCN(C(C)C)C1.C[C@H]1CCCN(C(C)(C)C)C1. The van der Waals surface area contributed by atoms with Crippen molar-refractivity contribution in [3.63, 3.8) is 0 Å². The molecule has 1 saturated carbocycles. The van der Waals surface area contributed by atoms with Crippen molar-refractivity contribution in [3.8, 4) is 0 Å². The van der Waals surface area contributed by atoms with Crippen molar-refractivity contribution in [1.29, 1.82) is 0 Å². The summed E-state index contributed by atoms with van der Waals surface area (Å²) in [4.78, 5) is 15.4. The third-order valence-electron chi connectivity index (χ3n) is 21.6. The molecule has 6 rings (SSSR count). The lowest BCUT2D eigenvalue weighted by molar-refractivity contribution is 0.0843. The molecule has 0 radical (unpaired) electrons. The second-order valence-electron chi connectivity index (χ2n) is 35.7. The van der Waals surface area contributed by atoms with Crippen molar-refractivity contribution in [1.82, 2.24) is 40.0 Å². The molecule has 0 aromatic heterocycles. The minimum Gasteiger partial charge on any atom is -0.315 e. The summed E-state index contributed by atoms with van der Waals surface area (Å²) in [5.74, 6) is 11.8. The Bertz CT molecular complexity index is 1480. The van der Waals surface area contributed by atoms with Crippen molar-refractivity contribution in [2.24, 2.45) is 76.9 Å². The minimum atomic E-state index is 0. The minimum absolute atomic E-state index is 0. The normalized spacial score (nSPS) is 23.2. The summed E-state index contributed by atoms with van der Waals surface area (Å²) in [6.45, 7) is 93.2. The number of piperidine rings is 4. The molecule has 5 saturated heterocycles. The maximum atomic E-state index is 3.64. The monoisotopic (exact) mass is 1320 g/mol. The standard InChI is InChI=1S/C12H25N.3C11H23N.2C10H21N.C9H21N.C8H19N.C2H6.CH4/c1-9(2)11-5-7-12(8-6-11)13-10(3)4;1-9(2)11-5-7-12(8-6-11)10(3)4;2*1-9(2)11-6-5-7-12(8-11)10(3)4;1-8(2)10-5-6-11(7-10)9(3)4;1-9-6-5-7-11(8-9)10(2,3)4;1-8(2)6-7-10(5)9(3)4;1-7(2)5-6-9-8(3)4;1-2;/h9-13H,5-8H2,1-4H3;3*9-11H,5-8H2,1-4H3;8-10H,5-7H2,1-4H3;9H,5-8H2,1-4H3;8-9H,6-7H2,1-5H3;7-9H,5-6H2,1-4H3;1-2H3;1H4/t;;11-;;;9-;;;;/m..1..0..../s1.